The average molecular weight is 305 g/mol. The molecule has 2 aromatic heterocycles. The topological polar surface area (TPSA) is 52.3 Å². The minimum Gasteiger partial charge on any atom is -0.462 e. The van der Waals surface area contributed by atoms with Gasteiger partial charge in [-0.3, -0.25) is 0 Å². The second kappa shape index (κ2) is 5.28. The van der Waals surface area contributed by atoms with Crippen LogP contribution in [0.1, 0.15) is 27.9 Å². The summed E-state index contributed by atoms with van der Waals surface area (Å²) in [6, 6.07) is 3.00. The number of hydrogen-bond acceptors (Lipinski definition) is 5. The predicted octanol–water partition coefficient (Wildman–Crippen LogP) is 3.91. The van der Waals surface area contributed by atoms with Crippen molar-refractivity contribution in [1.82, 2.24) is 5.16 Å². The van der Waals surface area contributed by atoms with Gasteiger partial charge in [0.2, 0.25) is 5.76 Å². The number of aromatic nitrogens is 1. The van der Waals surface area contributed by atoms with Gasteiger partial charge >= 0.3 is 12.1 Å². The lowest BCUT2D eigenvalue weighted by Gasteiger charge is -2.01. The molecule has 108 valence electrons. The first kappa shape index (κ1) is 14.6. The second-order valence-corrected chi connectivity index (χ2v) is 4.95. The minimum atomic E-state index is -4.59. The number of carbonyl (C=O) groups is 1. The summed E-state index contributed by atoms with van der Waals surface area (Å²) < 4.78 is 47.0. The molecule has 0 atom stereocenters. The maximum Gasteiger partial charge on any atom is 0.452 e. The zero-order valence-electron chi connectivity index (χ0n) is 10.6. The van der Waals surface area contributed by atoms with Crippen LogP contribution >= 0.6 is 11.3 Å². The van der Waals surface area contributed by atoms with Crippen LogP contribution in [-0.4, -0.2) is 17.7 Å². The lowest BCUT2D eigenvalue weighted by Crippen LogP contribution is -2.04. The largest absolute Gasteiger partial charge is 0.462 e. The van der Waals surface area contributed by atoms with Gasteiger partial charge in [-0.05, 0) is 26.0 Å². The molecule has 4 nitrogen and oxygen atoms in total. The number of thiophene rings is 1. The van der Waals surface area contributed by atoms with Gasteiger partial charge in [-0.2, -0.15) is 13.2 Å². The van der Waals surface area contributed by atoms with E-state index in [0.717, 1.165) is 11.3 Å². The van der Waals surface area contributed by atoms with E-state index in [0.29, 0.717) is 9.75 Å². The number of carbonyl (C=O) groups excluding carboxylic acids is 1. The van der Waals surface area contributed by atoms with Gasteiger partial charge in [0.1, 0.15) is 10.6 Å². The fourth-order valence-electron chi connectivity index (χ4n) is 1.61. The zero-order valence-corrected chi connectivity index (χ0v) is 11.4. The summed E-state index contributed by atoms with van der Waals surface area (Å²) in [6.45, 7) is 3.18. The van der Waals surface area contributed by atoms with Gasteiger partial charge < -0.3 is 9.26 Å². The van der Waals surface area contributed by atoms with Crippen LogP contribution in [0.2, 0.25) is 0 Å². The van der Waals surface area contributed by atoms with Crippen molar-refractivity contribution in [1.29, 1.82) is 0 Å². The van der Waals surface area contributed by atoms with E-state index in [2.05, 4.69) is 9.68 Å². The van der Waals surface area contributed by atoms with Gasteiger partial charge in [0, 0.05) is 5.56 Å². The van der Waals surface area contributed by atoms with E-state index >= 15 is 0 Å². The maximum absolute atomic E-state index is 12.6. The first-order chi connectivity index (χ1) is 9.34. The Morgan fingerprint density at radius 3 is 2.70 bits per heavy atom. The Morgan fingerprint density at radius 2 is 2.15 bits per heavy atom. The standard InChI is InChI=1S/C12H10F3NO3S/c1-3-18-11(17)8-5-4-7(20-8)9-6(2)10(19-16-9)12(13,14)15/h4-5H,3H2,1-2H3. The van der Waals surface area contributed by atoms with Crippen LogP contribution < -0.4 is 0 Å². The van der Waals surface area contributed by atoms with Crippen LogP contribution in [0.4, 0.5) is 13.2 Å². The van der Waals surface area contributed by atoms with Crippen LogP contribution in [0, 0.1) is 6.92 Å². The normalized spacial score (nSPS) is 11.7. The van der Waals surface area contributed by atoms with Gasteiger partial charge in [-0.15, -0.1) is 11.3 Å². The van der Waals surface area contributed by atoms with E-state index < -0.39 is 17.9 Å². The zero-order chi connectivity index (χ0) is 14.9. The van der Waals surface area contributed by atoms with Crippen LogP contribution in [0.15, 0.2) is 16.7 Å². The average Bonchev–Trinajstić information content (AvgIpc) is 2.94. The predicted molar refractivity (Wildman–Crippen MR) is 65.5 cm³/mol. The molecule has 0 bridgehead atoms. The number of hydrogen-bond donors (Lipinski definition) is 0. The Bertz CT molecular complexity index is 630. The number of ether oxygens (including phenoxy) is 1. The quantitative estimate of drug-likeness (QED) is 0.807. The number of rotatable bonds is 3. The smallest absolute Gasteiger partial charge is 0.452 e. The third-order valence-electron chi connectivity index (χ3n) is 2.50. The van der Waals surface area contributed by atoms with Crippen molar-refractivity contribution in [3.63, 3.8) is 0 Å². The van der Waals surface area contributed by atoms with Crippen molar-refractivity contribution >= 4 is 17.3 Å². The molecule has 0 spiro atoms. The Morgan fingerprint density at radius 1 is 1.45 bits per heavy atom. The van der Waals surface area contributed by atoms with Crippen molar-refractivity contribution in [2.75, 3.05) is 6.61 Å². The number of halogens is 3. The molecule has 0 amide bonds. The van der Waals surface area contributed by atoms with E-state index in [1.807, 2.05) is 0 Å². The molecule has 0 saturated carbocycles. The second-order valence-electron chi connectivity index (χ2n) is 3.87. The van der Waals surface area contributed by atoms with Gasteiger partial charge in [0.15, 0.2) is 0 Å². The molecule has 0 aliphatic rings. The van der Waals surface area contributed by atoms with Gasteiger partial charge in [-0.1, -0.05) is 5.16 Å². The third kappa shape index (κ3) is 2.69. The fraction of sp³-hybridized carbons (Fsp3) is 0.333. The molecule has 0 saturated heterocycles. The summed E-state index contributed by atoms with van der Waals surface area (Å²) in [5, 5.41) is 3.43. The molecule has 0 N–H and O–H groups in total. The molecule has 0 radical (unpaired) electrons. The molecule has 2 aromatic rings. The Balaban J connectivity index is 2.34. The van der Waals surface area contributed by atoms with E-state index in [9.17, 15) is 18.0 Å². The summed E-state index contributed by atoms with van der Waals surface area (Å²) in [5.74, 6) is -1.64. The SMILES string of the molecule is CCOC(=O)c1ccc(-c2noc(C(F)(F)F)c2C)s1. The summed E-state index contributed by atoms with van der Waals surface area (Å²) in [4.78, 5) is 12.2. The van der Waals surface area contributed by atoms with Gasteiger partial charge in [0.05, 0.1) is 11.5 Å². The summed E-state index contributed by atoms with van der Waals surface area (Å²) in [6.07, 6.45) is -4.59. The lowest BCUT2D eigenvalue weighted by molar-refractivity contribution is -0.156. The molecular formula is C12H10F3NO3S. The monoisotopic (exact) mass is 305 g/mol. The third-order valence-corrected chi connectivity index (χ3v) is 3.57. The van der Waals surface area contributed by atoms with Crippen molar-refractivity contribution in [3.8, 4) is 10.6 Å². The van der Waals surface area contributed by atoms with E-state index in [4.69, 9.17) is 4.74 Å². The highest BCUT2D eigenvalue weighted by molar-refractivity contribution is 7.17. The summed E-state index contributed by atoms with van der Waals surface area (Å²) in [5.41, 5.74) is -0.0207. The van der Waals surface area contributed by atoms with Crippen LogP contribution in [0.3, 0.4) is 0 Å². The minimum absolute atomic E-state index is 0.0814. The fourth-order valence-corrected chi connectivity index (χ4v) is 2.55. The van der Waals surface area contributed by atoms with Gasteiger partial charge in [0.25, 0.3) is 0 Å². The number of nitrogens with zero attached hydrogens (tertiary/aromatic N) is 1. The molecule has 0 aliphatic carbocycles. The summed E-state index contributed by atoms with van der Waals surface area (Å²) in [7, 11) is 0. The highest BCUT2D eigenvalue weighted by Crippen LogP contribution is 2.38. The lowest BCUT2D eigenvalue weighted by atomic mass is 10.2. The molecule has 8 heteroatoms. The van der Waals surface area contributed by atoms with Crippen LogP contribution in [-0.2, 0) is 10.9 Å². The molecule has 2 rings (SSSR count). The van der Waals surface area contributed by atoms with Crippen molar-refractivity contribution in [2.45, 2.75) is 20.0 Å². The first-order valence-corrected chi connectivity index (χ1v) is 6.47. The Kier molecular flexibility index (Phi) is 3.85. The number of esters is 1. The molecule has 2 heterocycles. The molecule has 0 unspecified atom stereocenters. The Labute approximate surface area is 116 Å². The first-order valence-electron chi connectivity index (χ1n) is 5.65. The summed E-state index contributed by atoms with van der Waals surface area (Å²) >= 11 is 1.01. The van der Waals surface area contributed by atoms with E-state index in [1.54, 1.807) is 6.92 Å². The highest BCUT2D eigenvalue weighted by atomic mass is 32.1. The van der Waals surface area contributed by atoms with E-state index in [-0.39, 0.29) is 17.9 Å². The highest BCUT2D eigenvalue weighted by Gasteiger charge is 2.39. The number of alkyl halides is 3. The maximum atomic E-state index is 12.6. The van der Waals surface area contributed by atoms with Crippen molar-refractivity contribution in [3.05, 3.63) is 28.3 Å². The molecular weight excluding hydrogens is 295 g/mol. The van der Waals surface area contributed by atoms with Gasteiger partial charge in [-0.25, -0.2) is 4.79 Å². The molecule has 0 fully saturated rings. The van der Waals surface area contributed by atoms with E-state index in [1.165, 1.54) is 19.1 Å². The molecule has 0 aliphatic heterocycles. The van der Waals surface area contributed by atoms with Crippen LogP contribution in [0.5, 0.6) is 0 Å². The Hall–Kier alpha value is -1.83. The molecule has 20 heavy (non-hydrogen) atoms. The van der Waals surface area contributed by atoms with Crippen molar-refractivity contribution < 1.29 is 27.2 Å². The molecule has 0 aromatic carbocycles. The van der Waals surface area contributed by atoms with Crippen molar-refractivity contribution in [2.24, 2.45) is 0 Å². The van der Waals surface area contributed by atoms with Crippen LogP contribution in [0.25, 0.3) is 10.6 Å².